The number of H-pyrrole nitrogens is 2. The topological polar surface area (TPSA) is 483 Å². The van der Waals surface area contributed by atoms with E-state index >= 15 is 0 Å². The summed E-state index contributed by atoms with van der Waals surface area (Å²) in [6.07, 6.45) is 8.62. The quantitative estimate of drug-likeness (QED) is 0.0649. The van der Waals surface area contributed by atoms with E-state index in [0.717, 1.165) is 25.4 Å². The molecule has 0 unspecified atom stereocenters. The molecule has 6 rings (SSSR count). The molecule has 0 bridgehead atoms. The first kappa shape index (κ1) is 45.2. The molecule has 0 aliphatic heterocycles. The van der Waals surface area contributed by atoms with Crippen molar-refractivity contribution in [2.24, 2.45) is 5.18 Å². The number of nitroso groups, excluding NO2 is 1. The molecule has 0 radical (unpaired) electrons. The predicted octanol–water partition coefficient (Wildman–Crippen LogP) is -2.23. The number of aromatic amines is 2. The Bertz CT molecular complexity index is 2050. The van der Waals surface area contributed by atoms with Gasteiger partial charge in [-0.2, -0.15) is 49.8 Å². The Balaban J connectivity index is 0.000000340. The van der Waals surface area contributed by atoms with Gasteiger partial charge in [-0.25, -0.2) is 0 Å². The summed E-state index contributed by atoms with van der Waals surface area (Å²) in [4.78, 5) is 56.1. The van der Waals surface area contributed by atoms with Crippen LogP contribution in [0.15, 0.2) is 60.6 Å². The highest BCUT2D eigenvalue weighted by Gasteiger charge is 2.10. The van der Waals surface area contributed by atoms with Crippen LogP contribution in [0.3, 0.4) is 0 Å². The fourth-order valence-electron chi connectivity index (χ4n) is 3.14. The lowest BCUT2D eigenvalue weighted by Crippen LogP contribution is -2.18. The molecule has 0 spiro atoms. The Labute approximate surface area is 315 Å². The number of nitrogens with one attached hydrogen (secondary N) is 6. The van der Waals surface area contributed by atoms with Crippen LogP contribution in [0.5, 0.6) is 0 Å². The normalized spacial score (nSPS) is 9.29. The van der Waals surface area contributed by atoms with Crippen LogP contribution in [-0.4, -0.2) is 83.6 Å². The van der Waals surface area contributed by atoms with E-state index < -0.39 is 0 Å². The fraction of sp³-hybridized carbons (Fsp3) is 0.154. The number of carbonyl (C=O) groups is 4. The number of nitrogen functional groups attached to an aromatic ring is 8. The SMILES string of the molecule is CC(=O)Nc1c(N)cnn1N.CC(=O)Nc1c(N=O)cnn1N.CC(=O)Nc1ccn[nH]1.CC(=O)Nc1ccnn1N.Nc1ccn[nH]1.Nc1cnn(N)c1N. The van der Waals surface area contributed by atoms with Crippen LogP contribution >= 0.6 is 0 Å². The highest BCUT2D eigenvalue weighted by atomic mass is 16.3. The summed E-state index contributed by atoms with van der Waals surface area (Å²) in [6, 6.07) is 4.99. The first-order valence-corrected chi connectivity index (χ1v) is 15.1. The van der Waals surface area contributed by atoms with E-state index in [-0.39, 0.29) is 35.1 Å². The number of nitrogens with two attached hydrogens (primary N) is 8. The van der Waals surface area contributed by atoms with Gasteiger partial charge in [0.1, 0.15) is 11.6 Å². The molecule has 4 amide bonds. The number of hydrogen-bond donors (Lipinski definition) is 14. The van der Waals surface area contributed by atoms with Crippen LogP contribution in [0.4, 0.5) is 52.0 Å². The van der Waals surface area contributed by atoms with Crippen molar-refractivity contribution in [3.8, 4) is 0 Å². The summed E-state index contributed by atoms with van der Waals surface area (Å²) >= 11 is 0. The average Bonchev–Trinajstić information content (AvgIpc) is 4.01. The van der Waals surface area contributed by atoms with Gasteiger partial charge in [0.2, 0.25) is 23.6 Å². The molecule has 6 aromatic rings. The zero-order chi connectivity index (χ0) is 42.4. The summed E-state index contributed by atoms with van der Waals surface area (Å²) in [5.41, 5.74) is 21.8. The predicted molar refractivity (Wildman–Crippen MR) is 207 cm³/mol. The summed E-state index contributed by atoms with van der Waals surface area (Å²) < 4.78 is 0. The zero-order valence-corrected chi connectivity index (χ0v) is 30.3. The van der Waals surface area contributed by atoms with E-state index in [1.54, 1.807) is 30.6 Å². The summed E-state index contributed by atoms with van der Waals surface area (Å²) in [5.74, 6) is 22.6. The number of amides is 4. The second-order valence-corrected chi connectivity index (χ2v) is 10.1. The maximum Gasteiger partial charge on any atom is 0.222 e. The fourth-order valence-corrected chi connectivity index (χ4v) is 3.14. The van der Waals surface area contributed by atoms with Crippen molar-refractivity contribution in [3.05, 3.63) is 60.3 Å². The van der Waals surface area contributed by atoms with Gasteiger partial charge in [0.05, 0.1) is 48.6 Å². The zero-order valence-electron chi connectivity index (χ0n) is 30.3. The second kappa shape index (κ2) is 22.9. The molecule has 30 heteroatoms. The van der Waals surface area contributed by atoms with Gasteiger partial charge in [0.25, 0.3) is 0 Å². The van der Waals surface area contributed by atoms with Crippen LogP contribution in [0, 0.1) is 4.91 Å². The minimum absolute atomic E-state index is 0.00713. The third-order valence-corrected chi connectivity index (χ3v) is 5.46. The van der Waals surface area contributed by atoms with Gasteiger partial charge in [-0.3, -0.25) is 29.4 Å². The van der Waals surface area contributed by atoms with Gasteiger partial charge < -0.3 is 67.6 Å². The van der Waals surface area contributed by atoms with E-state index in [9.17, 15) is 24.1 Å². The molecule has 22 N–H and O–H groups in total. The standard InChI is InChI=1S/C5H7N5O2.C5H9N5O.C5H8N4O.C5H7N3O.C3H7N5.C3H5N3/c1-3(11)8-5-4(9-12)2-7-10(5)6;1-3(11)9-5-4(6)2-8-10(5)7;1-4(10)8-5-2-3-7-9(5)6;1-4(9)7-5-2-3-6-8-5;4-2-1-7-8(6)3(2)5;4-3-1-2-5-6-3/h2H,6H2,1H3,(H,8,11);2H,6-7H2,1H3,(H,9,11);2-3H,6H2,1H3,(H,8,10);2-3H,1H3,(H2,6,7,8,9);1H,4-6H2;1-2H,(H3,4,5,6). The Morgan fingerprint density at radius 3 is 1.46 bits per heavy atom. The highest BCUT2D eigenvalue weighted by molar-refractivity contribution is 5.91. The van der Waals surface area contributed by atoms with Gasteiger partial charge in [-0.05, 0) is 11.2 Å². The average molecular weight is 786 g/mol. The summed E-state index contributed by atoms with van der Waals surface area (Å²) in [6.45, 7) is 5.52. The molecule has 0 atom stereocenters. The van der Waals surface area contributed by atoms with Crippen molar-refractivity contribution in [2.45, 2.75) is 27.7 Å². The van der Waals surface area contributed by atoms with Crippen molar-refractivity contribution in [1.82, 2.24) is 60.0 Å². The summed E-state index contributed by atoms with van der Waals surface area (Å²) in [5, 5.41) is 39.1. The monoisotopic (exact) mass is 785 g/mol. The molecule has 0 saturated heterocycles. The van der Waals surface area contributed by atoms with E-state index in [1.165, 1.54) is 46.3 Å². The molecule has 30 nitrogen and oxygen atoms in total. The molecule has 0 saturated carbocycles. The van der Waals surface area contributed by atoms with Gasteiger partial charge in [0.15, 0.2) is 29.0 Å². The summed E-state index contributed by atoms with van der Waals surface area (Å²) in [7, 11) is 0. The number of anilines is 8. The van der Waals surface area contributed by atoms with Gasteiger partial charge in [-0.15, -0.1) is 4.91 Å². The molecule has 6 aromatic heterocycles. The number of aromatic nitrogens is 12. The largest absolute Gasteiger partial charge is 0.394 e. The molecular weight excluding hydrogens is 742 g/mol. The van der Waals surface area contributed by atoms with E-state index in [1.807, 2.05) is 0 Å². The molecular formula is C26H43N25O5. The molecule has 0 aromatic carbocycles. The van der Waals surface area contributed by atoms with Crippen molar-refractivity contribution in [2.75, 3.05) is 67.6 Å². The molecule has 56 heavy (non-hydrogen) atoms. The second-order valence-electron chi connectivity index (χ2n) is 10.1. The van der Waals surface area contributed by atoms with Crippen LogP contribution in [-0.2, 0) is 19.2 Å². The van der Waals surface area contributed by atoms with Crippen molar-refractivity contribution in [3.63, 3.8) is 0 Å². The lowest BCUT2D eigenvalue weighted by molar-refractivity contribution is -0.115. The van der Waals surface area contributed by atoms with Crippen LogP contribution in [0.1, 0.15) is 27.7 Å². The first-order chi connectivity index (χ1) is 26.4. The third-order valence-electron chi connectivity index (χ3n) is 5.46. The van der Waals surface area contributed by atoms with E-state index in [0.29, 0.717) is 40.5 Å². The number of nitrogens with zero attached hydrogens (tertiary/aromatic N) is 11. The molecule has 6 heterocycles. The highest BCUT2D eigenvalue weighted by Crippen LogP contribution is 2.21. The lowest BCUT2D eigenvalue weighted by atomic mass is 10.5. The van der Waals surface area contributed by atoms with Crippen LogP contribution < -0.4 is 67.6 Å². The minimum Gasteiger partial charge on any atom is -0.394 e. The molecule has 0 fully saturated rings. The van der Waals surface area contributed by atoms with E-state index in [2.05, 4.69) is 67.2 Å². The van der Waals surface area contributed by atoms with Crippen LogP contribution in [0.25, 0.3) is 0 Å². The maximum absolute atomic E-state index is 10.6. The smallest absolute Gasteiger partial charge is 0.222 e. The van der Waals surface area contributed by atoms with Crippen LogP contribution in [0.2, 0.25) is 0 Å². The Kier molecular flexibility index (Phi) is 18.4. The Morgan fingerprint density at radius 2 is 1.11 bits per heavy atom. The maximum atomic E-state index is 10.6. The van der Waals surface area contributed by atoms with Gasteiger partial charge in [0, 0.05) is 39.8 Å². The molecule has 0 aliphatic rings. The van der Waals surface area contributed by atoms with Crippen molar-refractivity contribution >= 4 is 75.6 Å². The molecule has 0 aliphatic carbocycles. The lowest BCUT2D eigenvalue weighted by Gasteiger charge is -2.01. The first-order valence-electron chi connectivity index (χ1n) is 15.1. The number of carbonyl (C=O) groups excluding carboxylic acids is 4. The third kappa shape index (κ3) is 16.9. The van der Waals surface area contributed by atoms with E-state index in [4.69, 9.17) is 46.3 Å². The van der Waals surface area contributed by atoms with Gasteiger partial charge >= 0.3 is 0 Å². The van der Waals surface area contributed by atoms with Crippen molar-refractivity contribution < 1.29 is 19.2 Å². The molecule has 302 valence electrons. The minimum atomic E-state index is -0.341. The van der Waals surface area contributed by atoms with Gasteiger partial charge in [-0.1, -0.05) is 0 Å². The number of hydrogen-bond acceptors (Lipinski definition) is 20. The van der Waals surface area contributed by atoms with Crippen molar-refractivity contribution in [1.29, 1.82) is 0 Å². The number of rotatable bonds is 5. The Morgan fingerprint density at radius 1 is 0.589 bits per heavy atom. The Hall–Kier alpha value is -8.86.